The van der Waals surface area contributed by atoms with Crippen molar-refractivity contribution in [3.8, 4) is 11.5 Å². The smallest absolute Gasteiger partial charge is 0.238 e. The highest BCUT2D eigenvalue weighted by Gasteiger charge is 2.32. The highest BCUT2D eigenvalue weighted by Crippen LogP contribution is 2.33. The number of hydrogen-bond donors (Lipinski definition) is 1. The number of para-hydroxylation sites is 2. The Labute approximate surface area is 129 Å². The van der Waals surface area contributed by atoms with Crippen LogP contribution in [0.4, 0.5) is 0 Å². The first-order chi connectivity index (χ1) is 10.9. The Morgan fingerprint density at radius 3 is 2.91 bits per heavy atom. The lowest BCUT2D eigenvalue weighted by atomic mass is 10.1. The van der Waals surface area contributed by atoms with E-state index in [1.165, 1.54) is 6.26 Å². The number of aromatic nitrogens is 1. The molecule has 0 radical (unpaired) electrons. The number of benzene rings is 1. The largest absolute Gasteiger partial charge is 0.490 e. The van der Waals surface area contributed by atoms with Gasteiger partial charge in [0.2, 0.25) is 12.0 Å². The van der Waals surface area contributed by atoms with Gasteiger partial charge < -0.3 is 23.9 Å². The van der Waals surface area contributed by atoms with Gasteiger partial charge in [-0.2, -0.15) is 0 Å². The van der Waals surface area contributed by atoms with Crippen LogP contribution in [0.5, 0.6) is 11.5 Å². The molecule has 0 saturated carbocycles. The van der Waals surface area contributed by atoms with E-state index in [1.54, 1.807) is 6.20 Å². The normalized spacial score (nSPS) is 19.6. The zero-order chi connectivity index (χ0) is 15.2. The van der Waals surface area contributed by atoms with Gasteiger partial charge in [-0.25, -0.2) is 4.98 Å². The second-order valence-corrected chi connectivity index (χ2v) is 4.90. The second kappa shape index (κ2) is 7.29. The van der Waals surface area contributed by atoms with E-state index in [0.717, 1.165) is 6.54 Å². The summed E-state index contributed by atoms with van der Waals surface area (Å²) in [7, 11) is 0. The van der Waals surface area contributed by atoms with Crippen molar-refractivity contribution >= 4 is 0 Å². The van der Waals surface area contributed by atoms with Crippen molar-refractivity contribution < 1.29 is 18.6 Å². The molecule has 1 aromatic heterocycles. The van der Waals surface area contributed by atoms with Crippen molar-refractivity contribution in [2.24, 2.45) is 0 Å². The summed E-state index contributed by atoms with van der Waals surface area (Å²) in [5.41, 5.74) is 0. The summed E-state index contributed by atoms with van der Waals surface area (Å²) >= 11 is 0. The summed E-state index contributed by atoms with van der Waals surface area (Å²) in [5, 5.41) is 3.30. The van der Waals surface area contributed by atoms with Gasteiger partial charge in [-0.15, -0.1) is 0 Å². The van der Waals surface area contributed by atoms with Crippen LogP contribution < -0.4 is 14.8 Å². The molecular weight excluding hydrogens is 284 g/mol. The van der Waals surface area contributed by atoms with Gasteiger partial charge in [-0.1, -0.05) is 12.1 Å². The lowest BCUT2D eigenvalue weighted by Crippen LogP contribution is -2.43. The Hall–Kier alpha value is -2.05. The molecule has 0 amide bonds. The fourth-order valence-electron chi connectivity index (χ4n) is 2.40. The molecule has 22 heavy (non-hydrogen) atoms. The SMILES string of the molecule is CCOc1ccccc1OC(c1ncco1)C1CNCCO1. The minimum absolute atomic E-state index is 0.165. The third kappa shape index (κ3) is 3.40. The number of ether oxygens (including phenoxy) is 3. The first-order valence-electron chi connectivity index (χ1n) is 7.48. The number of rotatable bonds is 6. The molecule has 2 heterocycles. The Morgan fingerprint density at radius 2 is 2.23 bits per heavy atom. The van der Waals surface area contributed by atoms with Gasteiger partial charge >= 0.3 is 0 Å². The summed E-state index contributed by atoms with van der Waals surface area (Å²) in [6, 6.07) is 7.57. The molecule has 1 fully saturated rings. The zero-order valence-electron chi connectivity index (χ0n) is 12.5. The van der Waals surface area contributed by atoms with E-state index in [0.29, 0.717) is 37.1 Å². The van der Waals surface area contributed by atoms with Crippen molar-refractivity contribution in [1.29, 1.82) is 0 Å². The van der Waals surface area contributed by atoms with Crippen molar-refractivity contribution in [3.63, 3.8) is 0 Å². The van der Waals surface area contributed by atoms with Crippen molar-refractivity contribution in [2.45, 2.75) is 19.1 Å². The molecule has 6 nitrogen and oxygen atoms in total. The van der Waals surface area contributed by atoms with Gasteiger partial charge in [0.1, 0.15) is 12.4 Å². The molecule has 1 aliphatic rings. The number of hydrogen-bond acceptors (Lipinski definition) is 6. The quantitative estimate of drug-likeness (QED) is 0.882. The van der Waals surface area contributed by atoms with E-state index in [9.17, 15) is 0 Å². The van der Waals surface area contributed by atoms with Gasteiger partial charge in [0.15, 0.2) is 11.5 Å². The number of nitrogens with one attached hydrogen (secondary N) is 1. The van der Waals surface area contributed by atoms with Gasteiger partial charge in [0.25, 0.3) is 0 Å². The molecule has 3 rings (SSSR count). The molecule has 2 unspecified atom stereocenters. The van der Waals surface area contributed by atoms with Crippen LogP contribution in [0.2, 0.25) is 0 Å². The molecule has 0 aliphatic carbocycles. The van der Waals surface area contributed by atoms with E-state index in [1.807, 2.05) is 31.2 Å². The monoisotopic (exact) mass is 304 g/mol. The van der Waals surface area contributed by atoms with E-state index in [4.69, 9.17) is 18.6 Å². The van der Waals surface area contributed by atoms with Crippen LogP contribution >= 0.6 is 0 Å². The molecule has 0 bridgehead atoms. The molecule has 1 aromatic carbocycles. The molecular formula is C16H20N2O4. The second-order valence-electron chi connectivity index (χ2n) is 4.90. The van der Waals surface area contributed by atoms with Crippen molar-refractivity contribution in [3.05, 3.63) is 42.6 Å². The Balaban J connectivity index is 1.83. The van der Waals surface area contributed by atoms with Crippen LogP contribution in [0.1, 0.15) is 18.9 Å². The third-order valence-corrected chi connectivity index (χ3v) is 3.39. The summed E-state index contributed by atoms with van der Waals surface area (Å²) in [4.78, 5) is 4.22. The maximum atomic E-state index is 6.14. The van der Waals surface area contributed by atoms with E-state index < -0.39 is 6.10 Å². The van der Waals surface area contributed by atoms with Crippen LogP contribution in [0.15, 0.2) is 41.1 Å². The summed E-state index contributed by atoms with van der Waals surface area (Å²) in [6.45, 7) is 4.68. The lowest BCUT2D eigenvalue weighted by Gasteiger charge is -2.29. The molecule has 2 atom stereocenters. The van der Waals surface area contributed by atoms with E-state index in [-0.39, 0.29) is 6.10 Å². The maximum absolute atomic E-state index is 6.14. The van der Waals surface area contributed by atoms with Crippen LogP contribution in [0.25, 0.3) is 0 Å². The number of oxazole rings is 1. The average Bonchev–Trinajstić information content (AvgIpc) is 3.09. The topological polar surface area (TPSA) is 65.8 Å². The van der Waals surface area contributed by atoms with Crippen LogP contribution in [-0.2, 0) is 4.74 Å². The molecule has 0 spiro atoms. The summed E-state index contributed by atoms with van der Waals surface area (Å²) in [5.74, 6) is 1.85. The fourth-order valence-corrected chi connectivity index (χ4v) is 2.40. The van der Waals surface area contributed by atoms with Gasteiger partial charge in [-0.3, -0.25) is 0 Å². The molecule has 1 saturated heterocycles. The van der Waals surface area contributed by atoms with Gasteiger partial charge in [0.05, 0.1) is 19.4 Å². The first-order valence-corrected chi connectivity index (χ1v) is 7.48. The van der Waals surface area contributed by atoms with E-state index >= 15 is 0 Å². The van der Waals surface area contributed by atoms with Crippen molar-refractivity contribution in [1.82, 2.24) is 10.3 Å². The maximum Gasteiger partial charge on any atom is 0.238 e. The minimum Gasteiger partial charge on any atom is -0.490 e. The Bertz CT molecular complexity index is 567. The number of nitrogens with zero attached hydrogens (tertiary/aromatic N) is 1. The van der Waals surface area contributed by atoms with Gasteiger partial charge in [0, 0.05) is 13.1 Å². The Morgan fingerprint density at radius 1 is 1.36 bits per heavy atom. The predicted molar refractivity (Wildman–Crippen MR) is 80.1 cm³/mol. The number of morpholine rings is 1. The molecule has 6 heteroatoms. The molecule has 1 aliphatic heterocycles. The molecule has 2 aromatic rings. The highest BCUT2D eigenvalue weighted by atomic mass is 16.6. The molecule has 1 N–H and O–H groups in total. The van der Waals surface area contributed by atoms with Crippen LogP contribution in [0, 0.1) is 0 Å². The average molecular weight is 304 g/mol. The highest BCUT2D eigenvalue weighted by molar-refractivity contribution is 5.39. The summed E-state index contributed by atoms with van der Waals surface area (Å²) in [6.07, 6.45) is 2.55. The minimum atomic E-state index is -0.426. The zero-order valence-corrected chi connectivity index (χ0v) is 12.5. The molecule has 118 valence electrons. The van der Waals surface area contributed by atoms with Gasteiger partial charge in [-0.05, 0) is 19.1 Å². The van der Waals surface area contributed by atoms with Crippen molar-refractivity contribution in [2.75, 3.05) is 26.3 Å². The summed E-state index contributed by atoms with van der Waals surface area (Å²) < 4.78 is 23.0. The fraction of sp³-hybridized carbons (Fsp3) is 0.438. The lowest BCUT2D eigenvalue weighted by molar-refractivity contribution is -0.0527. The third-order valence-electron chi connectivity index (χ3n) is 3.39. The van der Waals surface area contributed by atoms with E-state index in [2.05, 4.69) is 10.3 Å². The first kappa shape index (κ1) is 14.9. The van der Waals surface area contributed by atoms with Crippen LogP contribution in [0.3, 0.4) is 0 Å². The Kier molecular flexibility index (Phi) is 4.92. The predicted octanol–water partition coefficient (Wildman–Crippen LogP) is 2.18. The van der Waals surface area contributed by atoms with Crippen LogP contribution in [-0.4, -0.2) is 37.4 Å². The standard InChI is InChI=1S/C16H20N2O4/c1-2-19-12-5-3-4-6-13(12)22-15(16-18-8-10-21-16)14-11-17-7-9-20-14/h3-6,8,10,14-15,17H,2,7,9,11H2,1H3.